The molecule has 0 radical (unpaired) electrons. The van der Waals surface area contributed by atoms with Crippen molar-refractivity contribution in [2.75, 3.05) is 5.32 Å². The van der Waals surface area contributed by atoms with E-state index < -0.39 is 0 Å². The number of nitrogens with zero attached hydrogens (tertiary/aromatic N) is 3. The van der Waals surface area contributed by atoms with E-state index in [-0.39, 0.29) is 12.5 Å². The number of pyridine rings is 1. The molecule has 4 rings (SSSR count). The van der Waals surface area contributed by atoms with Gasteiger partial charge in [-0.2, -0.15) is 5.10 Å². The number of nitrogens with one attached hydrogen (secondary N) is 1. The number of aromatic nitrogens is 3. The van der Waals surface area contributed by atoms with Crippen LogP contribution in [0.3, 0.4) is 0 Å². The second kappa shape index (κ2) is 6.65. The minimum atomic E-state index is -0.207. The van der Waals surface area contributed by atoms with E-state index in [0.717, 1.165) is 22.4 Å². The van der Waals surface area contributed by atoms with Gasteiger partial charge in [-0.1, -0.05) is 17.7 Å². The second-order valence-electron chi connectivity index (χ2n) is 5.84. The Bertz CT molecular complexity index is 1090. The number of benzene rings is 1. The van der Waals surface area contributed by atoms with Crippen LogP contribution in [0.25, 0.3) is 22.4 Å². The lowest BCUT2D eigenvalue weighted by Crippen LogP contribution is -2.19. The normalized spacial score (nSPS) is 11.0. The molecule has 26 heavy (non-hydrogen) atoms. The average molecular weight is 367 g/mol. The fraction of sp³-hybridized carbons (Fsp3) is 0.105. The largest absolute Gasteiger partial charge is 0.464 e. The van der Waals surface area contributed by atoms with Crippen molar-refractivity contribution >= 4 is 34.2 Å². The van der Waals surface area contributed by atoms with Gasteiger partial charge in [-0.05, 0) is 43.3 Å². The van der Waals surface area contributed by atoms with E-state index in [1.165, 1.54) is 0 Å². The maximum atomic E-state index is 12.4. The van der Waals surface area contributed by atoms with Gasteiger partial charge in [-0.15, -0.1) is 0 Å². The van der Waals surface area contributed by atoms with Crippen LogP contribution in [0.15, 0.2) is 59.3 Å². The number of anilines is 1. The van der Waals surface area contributed by atoms with Crippen molar-refractivity contribution < 1.29 is 9.21 Å². The summed E-state index contributed by atoms with van der Waals surface area (Å²) in [5.74, 6) is 0.533. The fourth-order valence-electron chi connectivity index (χ4n) is 2.93. The minimum Gasteiger partial charge on any atom is -0.464 e. The maximum Gasteiger partial charge on any atom is 0.246 e. The molecule has 0 atom stereocenters. The standard InChI is InChI=1S/C19H15ClN4O2/c1-12-18-15(16-6-3-9-26-16)7-8-21-19(18)24(23-12)11-17(25)22-14-5-2-4-13(20)10-14/h2-10H,11H2,1H3,(H,22,25). The molecule has 130 valence electrons. The van der Waals surface area contributed by atoms with E-state index in [1.54, 1.807) is 41.4 Å². The van der Waals surface area contributed by atoms with Crippen molar-refractivity contribution in [3.05, 3.63) is 65.6 Å². The monoisotopic (exact) mass is 366 g/mol. The third kappa shape index (κ3) is 3.07. The van der Waals surface area contributed by atoms with Crippen LogP contribution >= 0.6 is 11.6 Å². The van der Waals surface area contributed by atoms with Crippen molar-refractivity contribution in [3.63, 3.8) is 0 Å². The summed E-state index contributed by atoms with van der Waals surface area (Å²) in [6, 6.07) is 12.6. The molecule has 4 aromatic rings. The number of hydrogen-bond acceptors (Lipinski definition) is 4. The van der Waals surface area contributed by atoms with Crippen LogP contribution in [0.4, 0.5) is 5.69 Å². The second-order valence-corrected chi connectivity index (χ2v) is 6.27. The molecular weight excluding hydrogens is 352 g/mol. The molecule has 0 saturated carbocycles. The van der Waals surface area contributed by atoms with E-state index in [0.29, 0.717) is 16.4 Å². The van der Waals surface area contributed by atoms with Crippen LogP contribution in [-0.4, -0.2) is 20.7 Å². The topological polar surface area (TPSA) is 73.0 Å². The lowest BCUT2D eigenvalue weighted by Gasteiger charge is -2.06. The van der Waals surface area contributed by atoms with Gasteiger partial charge in [0.15, 0.2) is 5.65 Å². The van der Waals surface area contributed by atoms with Gasteiger partial charge in [0.2, 0.25) is 5.91 Å². The highest BCUT2D eigenvalue weighted by molar-refractivity contribution is 6.30. The van der Waals surface area contributed by atoms with Gasteiger partial charge in [0.1, 0.15) is 12.3 Å². The van der Waals surface area contributed by atoms with E-state index in [1.807, 2.05) is 25.1 Å². The number of furan rings is 1. The van der Waals surface area contributed by atoms with Gasteiger partial charge in [0, 0.05) is 22.5 Å². The molecule has 0 aliphatic heterocycles. The van der Waals surface area contributed by atoms with Crippen LogP contribution in [0.5, 0.6) is 0 Å². The van der Waals surface area contributed by atoms with Crippen molar-refractivity contribution in [2.24, 2.45) is 0 Å². The predicted molar refractivity (Wildman–Crippen MR) is 100 cm³/mol. The first-order valence-corrected chi connectivity index (χ1v) is 8.41. The molecule has 1 amide bonds. The quantitative estimate of drug-likeness (QED) is 0.584. The molecule has 0 bridgehead atoms. The summed E-state index contributed by atoms with van der Waals surface area (Å²) < 4.78 is 7.10. The molecule has 0 aliphatic rings. The molecular formula is C19H15ClN4O2. The molecule has 6 nitrogen and oxygen atoms in total. The molecule has 1 N–H and O–H groups in total. The fourth-order valence-corrected chi connectivity index (χ4v) is 3.12. The third-order valence-corrected chi connectivity index (χ3v) is 4.23. The van der Waals surface area contributed by atoms with Crippen LogP contribution < -0.4 is 5.32 Å². The highest BCUT2D eigenvalue weighted by atomic mass is 35.5. The summed E-state index contributed by atoms with van der Waals surface area (Å²) in [6.45, 7) is 1.94. The first-order chi connectivity index (χ1) is 12.6. The van der Waals surface area contributed by atoms with E-state index in [2.05, 4.69) is 15.4 Å². The number of carbonyl (C=O) groups excluding carboxylic acids is 1. The van der Waals surface area contributed by atoms with Crippen molar-refractivity contribution in [3.8, 4) is 11.3 Å². The minimum absolute atomic E-state index is 0.0471. The molecule has 3 aromatic heterocycles. The van der Waals surface area contributed by atoms with Crippen LogP contribution in [-0.2, 0) is 11.3 Å². The predicted octanol–water partition coefficient (Wildman–Crippen LogP) is 4.29. The number of carbonyl (C=O) groups is 1. The van der Waals surface area contributed by atoms with Crippen molar-refractivity contribution in [1.29, 1.82) is 0 Å². The molecule has 0 saturated heterocycles. The smallest absolute Gasteiger partial charge is 0.246 e. The number of rotatable bonds is 4. The zero-order valence-electron chi connectivity index (χ0n) is 13.9. The first kappa shape index (κ1) is 16.4. The number of aryl methyl sites for hydroxylation is 1. The van der Waals surface area contributed by atoms with Crippen molar-refractivity contribution in [1.82, 2.24) is 14.8 Å². The molecule has 3 heterocycles. The zero-order valence-corrected chi connectivity index (χ0v) is 14.7. The zero-order chi connectivity index (χ0) is 18.1. The molecule has 0 unspecified atom stereocenters. The van der Waals surface area contributed by atoms with E-state index >= 15 is 0 Å². The summed E-state index contributed by atoms with van der Waals surface area (Å²) in [7, 11) is 0. The number of hydrogen-bond donors (Lipinski definition) is 1. The maximum absolute atomic E-state index is 12.4. The van der Waals surface area contributed by atoms with Gasteiger partial charge in [0.25, 0.3) is 0 Å². The van der Waals surface area contributed by atoms with Crippen LogP contribution in [0.1, 0.15) is 5.69 Å². The van der Waals surface area contributed by atoms with Crippen LogP contribution in [0, 0.1) is 6.92 Å². The molecule has 0 fully saturated rings. The van der Waals surface area contributed by atoms with Gasteiger partial charge in [0.05, 0.1) is 17.3 Å². The van der Waals surface area contributed by atoms with Crippen LogP contribution in [0.2, 0.25) is 5.02 Å². The van der Waals surface area contributed by atoms with Gasteiger partial charge in [-0.3, -0.25) is 4.79 Å². The Morgan fingerprint density at radius 1 is 1.27 bits per heavy atom. The van der Waals surface area contributed by atoms with Crippen molar-refractivity contribution in [2.45, 2.75) is 13.5 Å². The summed E-state index contributed by atoms with van der Waals surface area (Å²) >= 11 is 5.95. The van der Waals surface area contributed by atoms with Gasteiger partial charge in [-0.25, -0.2) is 9.67 Å². The number of fused-ring (bicyclic) bond motifs is 1. The van der Waals surface area contributed by atoms with E-state index in [9.17, 15) is 4.79 Å². The summed E-state index contributed by atoms with van der Waals surface area (Å²) in [5.41, 5.74) is 2.96. The summed E-state index contributed by atoms with van der Waals surface area (Å²) in [5, 5.41) is 8.74. The number of halogens is 1. The average Bonchev–Trinajstić information content (AvgIpc) is 3.24. The highest BCUT2D eigenvalue weighted by Gasteiger charge is 2.17. The van der Waals surface area contributed by atoms with Gasteiger partial charge >= 0.3 is 0 Å². The first-order valence-electron chi connectivity index (χ1n) is 8.03. The van der Waals surface area contributed by atoms with Gasteiger partial charge < -0.3 is 9.73 Å². The lowest BCUT2D eigenvalue weighted by molar-refractivity contribution is -0.116. The number of amides is 1. The SMILES string of the molecule is Cc1nn(CC(=O)Nc2cccc(Cl)c2)c2nccc(-c3ccco3)c12. The lowest BCUT2D eigenvalue weighted by atomic mass is 10.1. The Hall–Kier alpha value is -3.12. The Balaban J connectivity index is 1.65. The molecule has 0 aliphatic carbocycles. The van der Waals surface area contributed by atoms with E-state index in [4.69, 9.17) is 16.0 Å². The Morgan fingerprint density at radius 3 is 2.92 bits per heavy atom. The molecule has 0 spiro atoms. The molecule has 1 aromatic carbocycles. The third-order valence-electron chi connectivity index (χ3n) is 4.00. The Labute approximate surface area is 154 Å². The summed E-state index contributed by atoms with van der Waals surface area (Å²) in [6.07, 6.45) is 3.31. The summed E-state index contributed by atoms with van der Waals surface area (Å²) in [4.78, 5) is 16.8. The Morgan fingerprint density at radius 2 is 2.15 bits per heavy atom. The Kier molecular flexibility index (Phi) is 4.18. The molecule has 7 heteroatoms. The highest BCUT2D eigenvalue weighted by Crippen LogP contribution is 2.30.